The van der Waals surface area contributed by atoms with Crippen molar-refractivity contribution in [2.45, 2.75) is 65.5 Å². The number of hydrogen-bond donors (Lipinski definition) is 0. The third-order valence-corrected chi connectivity index (χ3v) is 5.75. The van der Waals surface area contributed by atoms with Crippen LogP contribution in [0.3, 0.4) is 0 Å². The highest BCUT2D eigenvalue weighted by Gasteiger charge is 2.49. The van der Waals surface area contributed by atoms with Gasteiger partial charge in [-0.15, -0.1) is 0 Å². The fraction of sp³-hybridized carbons (Fsp3) is 0.714. The zero-order valence-electron chi connectivity index (χ0n) is 15.6. The Hall–Kier alpha value is -0.900. The first kappa shape index (κ1) is 17.9. The van der Waals surface area contributed by atoms with Crippen LogP contribution in [0.15, 0.2) is 34.9 Å². The fourth-order valence-corrected chi connectivity index (χ4v) is 4.44. The van der Waals surface area contributed by atoms with Gasteiger partial charge in [-0.3, -0.25) is 0 Å². The first-order valence-electron chi connectivity index (χ1n) is 9.39. The fourth-order valence-electron chi connectivity index (χ4n) is 4.44. The molecule has 0 radical (unpaired) electrons. The molecule has 0 aromatic heterocycles. The molecule has 1 aliphatic carbocycles. The van der Waals surface area contributed by atoms with Crippen molar-refractivity contribution >= 4 is 0 Å². The molecular formula is C21H32O3. The summed E-state index contributed by atoms with van der Waals surface area (Å²) in [5.41, 5.74) is 4.22. The van der Waals surface area contributed by atoms with Crippen LogP contribution in [0.4, 0.5) is 0 Å². The summed E-state index contributed by atoms with van der Waals surface area (Å²) in [7, 11) is 1.73. The highest BCUT2D eigenvalue weighted by Crippen LogP contribution is 2.48. The molecule has 1 unspecified atom stereocenters. The molecule has 0 N–H and O–H groups in total. The van der Waals surface area contributed by atoms with Crippen LogP contribution in [-0.4, -0.2) is 26.3 Å². The molecule has 2 aliphatic heterocycles. The van der Waals surface area contributed by atoms with Crippen molar-refractivity contribution in [3.63, 3.8) is 0 Å². The van der Waals surface area contributed by atoms with Crippen molar-refractivity contribution in [1.29, 1.82) is 0 Å². The average molecular weight is 332 g/mol. The van der Waals surface area contributed by atoms with Gasteiger partial charge in [-0.1, -0.05) is 29.4 Å². The van der Waals surface area contributed by atoms with Gasteiger partial charge in [0.15, 0.2) is 12.6 Å². The van der Waals surface area contributed by atoms with E-state index < -0.39 is 0 Å². The molecule has 2 fully saturated rings. The van der Waals surface area contributed by atoms with Gasteiger partial charge < -0.3 is 14.2 Å². The van der Waals surface area contributed by atoms with E-state index in [1.165, 1.54) is 36.0 Å². The molecule has 24 heavy (non-hydrogen) atoms. The van der Waals surface area contributed by atoms with Gasteiger partial charge in [-0.05, 0) is 70.3 Å². The third-order valence-electron chi connectivity index (χ3n) is 5.75. The SMILES string of the molecule is COC1O[C@@H]2OC[C@@H](CCC=C(C)C)[C@H]3CC/C(C)=C/C/C=C/1[C@H]23. The lowest BCUT2D eigenvalue weighted by Crippen LogP contribution is -2.40. The van der Waals surface area contributed by atoms with Gasteiger partial charge in [0, 0.05) is 13.0 Å². The molecule has 0 bridgehead atoms. The molecule has 134 valence electrons. The molecular weight excluding hydrogens is 300 g/mol. The van der Waals surface area contributed by atoms with Gasteiger partial charge in [-0.25, -0.2) is 0 Å². The van der Waals surface area contributed by atoms with Gasteiger partial charge in [0.2, 0.25) is 0 Å². The summed E-state index contributed by atoms with van der Waals surface area (Å²) in [6.07, 6.45) is 12.4. The van der Waals surface area contributed by atoms with Crippen LogP contribution in [-0.2, 0) is 14.2 Å². The first-order valence-corrected chi connectivity index (χ1v) is 9.39. The van der Waals surface area contributed by atoms with Crippen LogP contribution in [0.2, 0.25) is 0 Å². The first-order chi connectivity index (χ1) is 11.6. The second-order valence-electron chi connectivity index (χ2n) is 7.74. The van der Waals surface area contributed by atoms with E-state index in [0.29, 0.717) is 17.8 Å². The lowest BCUT2D eigenvalue weighted by atomic mass is 9.72. The van der Waals surface area contributed by atoms with Crippen LogP contribution < -0.4 is 0 Å². The Kier molecular flexibility index (Phi) is 5.96. The summed E-state index contributed by atoms with van der Waals surface area (Å²) >= 11 is 0. The maximum Gasteiger partial charge on any atom is 0.183 e. The molecule has 0 aromatic carbocycles. The Labute approximate surface area is 146 Å². The van der Waals surface area contributed by atoms with E-state index in [0.717, 1.165) is 19.4 Å². The number of rotatable bonds is 4. The molecule has 3 nitrogen and oxygen atoms in total. The van der Waals surface area contributed by atoms with Crippen molar-refractivity contribution in [2.75, 3.05) is 13.7 Å². The second kappa shape index (κ2) is 7.99. The van der Waals surface area contributed by atoms with Crippen molar-refractivity contribution in [3.8, 4) is 0 Å². The average Bonchev–Trinajstić information content (AvgIpc) is 2.93. The molecule has 3 aliphatic rings. The van der Waals surface area contributed by atoms with Crippen LogP contribution >= 0.6 is 0 Å². The van der Waals surface area contributed by atoms with E-state index in [2.05, 4.69) is 39.0 Å². The predicted molar refractivity (Wildman–Crippen MR) is 96.4 cm³/mol. The summed E-state index contributed by atoms with van der Waals surface area (Å²) in [6, 6.07) is 0. The van der Waals surface area contributed by atoms with Crippen LogP contribution in [0.5, 0.6) is 0 Å². The van der Waals surface area contributed by atoms with Gasteiger partial charge >= 0.3 is 0 Å². The van der Waals surface area contributed by atoms with Crippen molar-refractivity contribution in [3.05, 3.63) is 34.9 Å². The summed E-state index contributed by atoms with van der Waals surface area (Å²) in [5.74, 6) is 1.59. The van der Waals surface area contributed by atoms with E-state index in [-0.39, 0.29) is 12.6 Å². The minimum atomic E-state index is -0.231. The van der Waals surface area contributed by atoms with Crippen LogP contribution in [0.1, 0.15) is 52.9 Å². The summed E-state index contributed by atoms with van der Waals surface area (Å²) in [6.45, 7) is 7.43. The molecule has 0 aromatic rings. The molecule has 3 rings (SSSR count). The Morgan fingerprint density at radius 3 is 2.92 bits per heavy atom. The highest BCUT2D eigenvalue weighted by atomic mass is 16.8. The van der Waals surface area contributed by atoms with E-state index in [4.69, 9.17) is 14.2 Å². The molecule has 0 spiro atoms. The largest absolute Gasteiger partial charge is 0.352 e. The Morgan fingerprint density at radius 2 is 2.17 bits per heavy atom. The van der Waals surface area contributed by atoms with E-state index in [9.17, 15) is 0 Å². The lowest BCUT2D eigenvalue weighted by Gasteiger charge is -2.39. The maximum absolute atomic E-state index is 6.12. The van der Waals surface area contributed by atoms with Crippen LogP contribution in [0.25, 0.3) is 0 Å². The molecule has 0 amide bonds. The molecule has 0 saturated carbocycles. The molecule has 3 heteroatoms. The number of hydrogen-bond acceptors (Lipinski definition) is 3. The van der Waals surface area contributed by atoms with Gasteiger partial charge in [0.1, 0.15) is 0 Å². The van der Waals surface area contributed by atoms with E-state index >= 15 is 0 Å². The number of ether oxygens (including phenoxy) is 3. The summed E-state index contributed by atoms with van der Waals surface area (Å²) in [4.78, 5) is 0. The molecule has 5 atom stereocenters. The minimum Gasteiger partial charge on any atom is -0.352 e. The monoisotopic (exact) mass is 332 g/mol. The Morgan fingerprint density at radius 1 is 1.33 bits per heavy atom. The smallest absolute Gasteiger partial charge is 0.183 e. The summed E-state index contributed by atoms with van der Waals surface area (Å²) < 4.78 is 17.8. The topological polar surface area (TPSA) is 27.7 Å². The van der Waals surface area contributed by atoms with Crippen molar-refractivity contribution in [1.82, 2.24) is 0 Å². The standard InChI is InChI=1S/C21H32O3/c1-14(2)7-5-9-16-13-23-21-19-17(16)12-11-15(3)8-6-10-18(19)20(22-4)24-21/h7-8,10,16-17,19-21H,5-6,9,11-13H2,1-4H3/b15-8+,18-10+/t16-,17-,19-,20?,21+/m1/s1. The zero-order valence-corrected chi connectivity index (χ0v) is 15.6. The normalized spacial score (nSPS) is 40.2. The molecule has 2 heterocycles. The lowest BCUT2D eigenvalue weighted by molar-refractivity contribution is -0.230. The van der Waals surface area contributed by atoms with Crippen LogP contribution in [0, 0.1) is 17.8 Å². The maximum atomic E-state index is 6.12. The number of methoxy groups -OCH3 is 1. The Balaban J connectivity index is 1.83. The van der Waals surface area contributed by atoms with Crippen molar-refractivity contribution < 1.29 is 14.2 Å². The zero-order chi connectivity index (χ0) is 17.1. The van der Waals surface area contributed by atoms with E-state index in [1.807, 2.05) is 0 Å². The predicted octanol–water partition coefficient (Wildman–Crippen LogP) is 5.00. The minimum absolute atomic E-state index is 0.121. The highest BCUT2D eigenvalue weighted by molar-refractivity contribution is 5.21. The van der Waals surface area contributed by atoms with Gasteiger partial charge in [0.25, 0.3) is 0 Å². The quantitative estimate of drug-likeness (QED) is 0.678. The third kappa shape index (κ3) is 3.84. The van der Waals surface area contributed by atoms with Crippen molar-refractivity contribution in [2.24, 2.45) is 17.8 Å². The second-order valence-corrected chi connectivity index (χ2v) is 7.74. The van der Waals surface area contributed by atoms with E-state index in [1.54, 1.807) is 7.11 Å². The Bertz CT molecular complexity index is 527. The number of allylic oxidation sites excluding steroid dienone is 5. The molecule has 2 saturated heterocycles. The van der Waals surface area contributed by atoms with Gasteiger partial charge in [0.05, 0.1) is 6.61 Å². The summed E-state index contributed by atoms with van der Waals surface area (Å²) in [5, 5.41) is 0. The van der Waals surface area contributed by atoms with Gasteiger partial charge in [-0.2, -0.15) is 0 Å².